The maximum absolute atomic E-state index is 13.0. The van der Waals surface area contributed by atoms with Crippen molar-refractivity contribution < 1.29 is 4.39 Å². The molecule has 1 aliphatic rings. The van der Waals surface area contributed by atoms with Crippen LogP contribution in [-0.2, 0) is 0 Å². The molecule has 1 aromatic rings. The summed E-state index contributed by atoms with van der Waals surface area (Å²) in [5.74, 6) is -0.185. The van der Waals surface area contributed by atoms with E-state index in [-0.39, 0.29) is 5.82 Å². The van der Waals surface area contributed by atoms with Gasteiger partial charge in [0.15, 0.2) is 0 Å². The van der Waals surface area contributed by atoms with E-state index in [9.17, 15) is 4.39 Å². The summed E-state index contributed by atoms with van der Waals surface area (Å²) >= 11 is 0. The second kappa shape index (κ2) is 2.42. The average Bonchev–Trinajstić information content (AvgIpc) is 2.06. The molecule has 0 atom stereocenters. The third kappa shape index (κ3) is 1.02. The topological polar surface area (TPSA) is 24.1 Å². The van der Waals surface area contributed by atoms with Crippen LogP contribution in [0.2, 0.25) is 0 Å². The van der Waals surface area contributed by atoms with Crippen LogP contribution in [0.3, 0.4) is 0 Å². The first kappa shape index (κ1) is 6.46. The standard InChI is InChI=1S/C8H9FN2/c9-6-2-1-3-7-8(6)11-5-4-10-7/h1-3,10-11H,4-5H2. The van der Waals surface area contributed by atoms with Gasteiger partial charge in [0, 0.05) is 13.1 Å². The van der Waals surface area contributed by atoms with Gasteiger partial charge in [-0.3, -0.25) is 0 Å². The molecular formula is C8H9FN2. The third-order valence-electron chi connectivity index (χ3n) is 1.76. The highest BCUT2D eigenvalue weighted by atomic mass is 19.1. The van der Waals surface area contributed by atoms with Gasteiger partial charge in [0.1, 0.15) is 5.82 Å². The number of halogens is 1. The molecule has 0 saturated heterocycles. The summed E-state index contributed by atoms with van der Waals surface area (Å²) in [7, 11) is 0. The Morgan fingerprint density at radius 2 is 2.00 bits per heavy atom. The largest absolute Gasteiger partial charge is 0.382 e. The quantitative estimate of drug-likeness (QED) is 0.590. The SMILES string of the molecule is Fc1cccc2c1NCCN2. The highest BCUT2D eigenvalue weighted by Crippen LogP contribution is 2.26. The van der Waals surface area contributed by atoms with E-state index in [1.54, 1.807) is 6.07 Å². The molecule has 0 spiro atoms. The fourth-order valence-electron chi connectivity index (χ4n) is 1.24. The minimum Gasteiger partial charge on any atom is -0.382 e. The van der Waals surface area contributed by atoms with E-state index >= 15 is 0 Å². The first-order valence-electron chi connectivity index (χ1n) is 3.64. The molecule has 11 heavy (non-hydrogen) atoms. The zero-order valence-corrected chi connectivity index (χ0v) is 6.02. The van der Waals surface area contributed by atoms with Crippen molar-refractivity contribution in [1.29, 1.82) is 0 Å². The molecule has 0 amide bonds. The molecule has 0 bridgehead atoms. The Kier molecular flexibility index (Phi) is 1.42. The first-order valence-corrected chi connectivity index (χ1v) is 3.64. The molecule has 2 N–H and O–H groups in total. The number of hydrogen-bond donors (Lipinski definition) is 2. The lowest BCUT2D eigenvalue weighted by molar-refractivity contribution is 0.629. The minimum atomic E-state index is -0.185. The summed E-state index contributed by atoms with van der Waals surface area (Å²) in [4.78, 5) is 0. The molecular weight excluding hydrogens is 143 g/mol. The van der Waals surface area contributed by atoms with Crippen LogP contribution in [0.1, 0.15) is 0 Å². The summed E-state index contributed by atoms with van der Waals surface area (Å²) in [6.07, 6.45) is 0. The number of nitrogens with one attached hydrogen (secondary N) is 2. The van der Waals surface area contributed by atoms with E-state index < -0.39 is 0 Å². The molecule has 0 aromatic heterocycles. The number of benzene rings is 1. The van der Waals surface area contributed by atoms with Crippen molar-refractivity contribution in [1.82, 2.24) is 0 Å². The Morgan fingerprint density at radius 3 is 2.82 bits per heavy atom. The maximum atomic E-state index is 13.0. The maximum Gasteiger partial charge on any atom is 0.148 e. The molecule has 0 saturated carbocycles. The van der Waals surface area contributed by atoms with Crippen molar-refractivity contribution in [2.45, 2.75) is 0 Å². The summed E-state index contributed by atoms with van der Waals surface area (Å²) in [6, 6.07) is 5.03. The fourth-order valence-corrected chi connectivity index (χ4v) is 1.24. The Hall–Kier alpha value is -1.25. The van der Waals surface area contributed by atoms with Crippen LogP contribution < -0.4 is 10.6 Å². The summed E-state index contributed by atoms with van der Waals surface area (Å²) in [5.41, 5.74) is 1.45. The van der Waals surface area contributed by atoms with Crippen LogP contribution in [0.4, 0.5) is 15.8 Å². The van der Waals surface area contributed by atoms with E-state index in [0.717, 1.165) is 18.8 Å². The average molecular weight is 152 g/mol. The lowest BCUT2D eigenvalue weighted by atomic mass is 10.2. The van der Waals surface area contributed by atoms with Crippen molar-refractivity contribution in [3.8, 4) is 0 Å². The van der Waals surface area contributed by atoms with E-state index in [1.807, 2.05) is 6.07 Å². The minimum absolute atomic E-state index is 0.185. The fraction of sp³-hybridized carbons (Fsp3) is 0.250. The predicted octanol–water partition coefficient (Wildman–Crippen LogP) is 1.66. The van der Waals surface area contributed by atoms with Gasteiger partial charge in [-0.05, 0) is 12.1 Å². The highest BCUT2D eigenvalue weighted by Gasteiger charge is 2.10. The summed E-state index contributed by atoms with van der Waals surface area (Å²) in [6.45, 7) is 1.64. The molecule has 1 aliphatic heterocycles. The second-order valence-corrected chi connectivity index (χ2v) is 2.52. The van der Waals surface area contributed by atoms with Crippen LogP contribution in [-0.4, -0.2) is 13.1 Å². The van der Waals surface area contributed by atoms with Crippen molar-refractivity contribution in [2.75, 3.05) is 23.7 Å². The van der Waals surface area contributed by atoms with Gasteiger partial charge in [-0.1, -0.05) is 6.07 Å². The van der Waals surface area contributed by atoms with Gasteiger partial charge in [0.2, 0.25) is 0 Å². The number of anilines is 2. The van der Waals surface area contributed by atoms with Gasteiger partial charge < -0.3 is 10.6 Å². The van der Waals surface area contributed by atoms with Gasteiger partial charge in [0.25, 0.3) is 0 Å². The van der Waals surface area contributed by atoms with E-state index in [2.05, 4.69) is 10.6 Å². The summed E-state index contributed by atoms with van der Waals surface area (Å²) < 4.78 is 13.0. The summed E-state index contributed by atoms with van der Waals surface area (Å²) in [5, 5.41) is 6.09. The lowest BCUT2D eigenvalue weighted by Gasteiger charge is -2.19. The van der Waals surface area contributed by atoms with E-state index in [4.69, 9.17) is 0 Å². The lowest BCUT2D eigenvalue weighted by Crippen LogP contribution is -2.21. The number of para-hydroxylation sites is 1. The molecule has 0 aliphatic carbocycles. The van der Waals surface area contributed by atoms with Gasteiger partial charge >= 0.3 is 0 Å². The molecule has 1 heterocycles. The zero-order valence-electron chi connectivity index (χ0n) is 6.02. The first-order chi connectivity index (χ1) is 5.38. The van der Waals surface area contributed by atoms with E-state index in [0.29, 0.717) is 5.69 Å². The smallest absolute Gasteiger partial charge is 0.148 e. The van der Waals surface area contributed by atoms with Gasteiger partial charge in [-0.15, -0.1) is 0 Å². The number of rotatable bonds is 0. The number of hydrogen-bond acceptors (Lipinski definition) is 2. The van der Waals surface area contributed by atoms with Gasteiger partial charge in [-0.2, -0.15) is 0 Å². The molecule has 0 radical (unpaired) electrons. The molecule has 1 aromatic carbocycles. The van der Waals surface area contributed by atoms with Crippen LogP contribution in [0.15, 0.2) is 18.2 Å². The Morgan fingerprint density at radius 1 is 1.18 bits per heavy atom. The van der Waals surface area contributed by atoms with Crippen LogP contribution >= 0.6 is 0 Å². The van der Waals surface area contributed by atoms with Crippen molar-refractivity contribution in [2.24, 2.45) is 0 Å². The van der Waals surface area contributed by atoms with Crippen molar-refractivity contribution in [3.05, 3.63) is 24.0 Å². The monoisotopic (exact) mass is 152 g/mol. The molecule has 3 heteroatoms. The zero-order chi connectivity index (χ0) is 7.68. The highest BCUT2D eigenvalue weighted by molar-refractivity contribution is 5.71. The van der Waals surface area contributed by atoms with Gasteiger partial charge in [0.05, 0.1) is 11.4 Å². The van der Waals surface area contributed by atoms with Crippen LogP contribution in [0, 0.1) is 5.82 Å². The number of fused-ring (bicyclic) bond motifs is 1. The van der Waals surface area contributed by atoms with Crippen molar-refractivity contribution in [3.63, 3.8) is 0 Å². The molecule has 2 rings (SSSR count). The van der Waals surface area contributed by atoms with Crippen LogP contribution in [0.25, 0.3) is 0 Å². The molecule has 0 unspecified atom stereocenters. The molecule has 0 fully saturated rings. The Bertz CT molecular complexity index is 273. The normalized spacial score (nSPS) is 14.6. The molecule has 2 nitrogen and oxygen atoms in total. The second-order valence-electron chi connectivity index (χ2n) is 2.52. The third-order valence-corrected chi connectivity index (χ3v) is 1.76. The Balaban J connectivity index is 2.49. The van der Waals surface area contributed by atoms with Crippen molar-refractivity contribution >= 4 is 11.4 Å². The van der Waals surface area contributed by atoms with Crippen LogP contribution in [0.5, 0.6) is 0 Å². The Labute approximate surface area is 64.4 Å². The van der Waals surface area contributed by atoms with Gasteiger partial charge in [-0.25, -0.2) is 4.39 Å². The predicted molar refractivity (Wildman–Crippen MR) is 43.4 cm³/mol. The van der Waals surface area contributed by atoms with E-state index in [1.165, 1.54) is 6.07 Å². The molecule has 58 valence electrons.